The fourth-order valence-electron chi connectivity index (χ4n) is 1.52. The van der Waals surface area contributed by atoms with Crippen molar-refractivity contribution in [2.45, 2.75) is 19.8 Å². The fourth-order valence-corrected chi connectivity index (χ4v) is 1.52. The minimum atomic E-state index is 0.786. The Bertz CT molecular complexity index is 99.7. The van der Waals surface area contributed by atoms with Gasteiger partial charge in [0, 0.05) is 13.2 Å². The van der Waals surface area contributed by atoms with E-state index in [1.807, 2.05) is 0 Å². The summed E-state index contributed by atoms with van der Waals surface area (Å²) in [5, 5.41) is 0. The third-order valence-corrected chi connectivity index (χ3v) is 2.36. The molecular formula is C9H19NO. The highest BCUT2D eigenvalue weighted by atomic mass is 16.5. The largest absolute Gasteiger partial charge is 0.381 e. The first kappa shape index (κ1) is 9.01. The molecule has 0 aromatic heterocycles. The Morgan fingerprint density at radius 1 is 1.55 bits per heavy atom. The summed E-state index contributed by atoms with van der Waals surface area (Å²) in [5.41, 5.74) is 0. The Morgan fingerprint density at radius 2 is 2.36 bits per heavy atom. The van der Waals surface area contributed by atoms with Crippen LogP contribution < -0.4 is 0 Å². The molecule has 0 spiro atoms. The highest BCUT2D eigenvalue weighted by molar-refractivity contribution is 4.65. The lowest BCUT2D eigenvalue weighted by molar-refractivity contribution is 0.0427. The van der Waals surface area contributed by atoms with Gasteiger partial charge in [0.05, 0.1) is 6.61 Å². The van der Waals surface area contributed by atoms with Crippen molar-refractivity contribution in [1.82, 2.24) is 4.90 Å². The van der Waals surface area contributed by atoms with E-state index in [0.717, 1.165) is 25.7 Å². The molecule has 1 rings (SSSR count). The van der Waals surface area contributed by atoms with Gasteiger partial charge in [-0.15, -0.1) is 0 Å². The van der Waals surface area contributed by atoms with Crippen LogP contribution in [0.1, 0.15) is 19.8 Å². The summed E-state index contributed by atoms with van der Waals surface area (Å²) in [6.45, 7) is 6.51. The van der Waals surface area contributed by atoms with Crippen molar-refractivity contribution in [3.05, 3.63) is 0 Å². The summed E-state index contributed by atoms with van der Waals surface area (Å²) in [5.74, 6) is 0.786. The highest BCUT2D eigenvalue weighted by Crippen LogP contribution is 2.13. The van der Waals surface area contributed by atoms with Crippen LogP contribution in [0.25, 0.3) is 0 Å². The Balaban J connectivity index is 2.13. The first-order valence-corrected chi connectivity index (χ1v) is 4.59. The van der Waals surface area contributed by atoms with Gasteiger partial charge in [0.2, 0.25) is 0 Å². The summed E-state index contributed by atoms with van der Waals surface area (Å²) in [6.07, 6.45) is 2.60. The molecule has 11 heavy (non-hydrogen) atoms. The highest BCUT2D eigenvalue weighted by Gasteiger charge is 2.14. The molecule has 0 aliphatic carbocycles. The van der Waals surface area contributed by atoms with Gasteiger partial charge >= 0.3 is 0 Å². The lowest BCUT2D eigenvalue weighted by Crippen LogP contribution is -2.30. The molecule has 0 aromatic rings. The molecule has 1 aliphatic heterocycles. The van der Waals surface area contributed by atoms with Gasteiger partial charge in [0.1, 0.15) is 0 Å². The predicted molar refractivity (Wildman–Crippen MR) is 46.7 cm³/mol. The molecule has 1 heterocycles. The van der Waals surface area contributed by atoms with Crippen LogP contribution in [0, 0.1) is 5.92 Å². The van der Waals surface area contributed by atoms with Crippen LogP contribution in [-0.2, 0) is 4.74 Å². The quantitative estimate of drug-likeness (QED) is 0.613. The molecular weight excluding hydrogens is 138 g/mol. The summed E-state index contributed by atoms with van der Waals surface area (Å²) >= 11 is 0. The summed E-state index contributed by atoms with van der Waals surface area (Å²) in [6, 6.07) is 0. The Labute approximate surface area is 69.5 Å². The molecule has 1 unspecified atom stereocenters. The van der Waals surface area contributed by atoms with Gasteiger partial charge < -0.3 is 9.64 Å². The maximum Gasteiger partial charge on any atom is 0.0506 e. The number of nitrogens with zero attached hydrogens (tertiary/aromatic N) is 1. The molecule has 66 valence electrons. The van der Waals surface area contributed by atoms with Crippen molar-refractivity contribution < 1.29 is 4.74 Å². The zero-order valence-electron chi connectivity index (χ0n) is 7.68. The van der Waals surface area contributed by atoms with Crippen molar-refractivity contribution in [3.8, 4) is 0 Å². The van der Waals surface area contributed by atoms with E-state index in [-0.39, 0.29) is 0 Å². The fraction of sp³-hybridized carbons (Fsp3) is 1.00. The molecule has 0 saturated carbocycles. The molecule has 1 atom stereocenters. The van der Waals surface area contributed by atoms with Crippen molar-refractivity contribution in [2.75, 3.05) is 33.4 Å². The Hall–Kier alpha value is -0.0800. The van der Waals surface area contributed by atoms with E-state index in [0.29, 0.717) is 0 Å². The minimum absolute atomic E-state index is 0.786. The molecule has 1 saturated heterocycles. The molecule has 0 bridgehead atoms. The summed E-state index contributed by atoms with van der Waals surface area (Å²) in [4.78, 5) is 2.36. The summed E-state index contributed by atoms with van der Waals surface area (Å²) in [7, 11) is 2.18. The van der Waals surface area contributed by atoms with Gasteiger partial charge in [-0.3, -0.25) is 0 Å². The van der Waals surface area contributed by atoms with E-state index < -0.39 is 0 Å². The lowest BCUT2D eigenvalue weighted by Gasteiger charge is -2.26. The summed E-state index contributed by atoms with van der Waals surface area (Å²) < 4.78 is 5.40. The number of hydrogen-bond donors (Lipinski definition) is 0. The molecule has 2 nitrogen and oxygen atoms in total. The minimum Gasteiger partial charge on any atom is -0.381 e. The second-order valence-electron chi connectivity index (χ2n) is 3.44. The van der Waals surface area contributed by atoms with Gasteiger partial charge in [-0.1, -0.05) is 6.92 Å². The van der Waals surface area contributed by atoms with Crippen molar-refractivity contribution in [1.29, 1.82) is 0 Å². The molecule has 0 N–H and O–H groups in total. The first-order chi connectivity index (χ1) is 5.33. The normalized spacial score (nSPS) is 25.9. The topological polar surface area (TPSA) is 12.5 Å². The van der Waals surface area contributed by atoms with Crippen LogP contribution in [0.3, 0.4) is 0 Å². The standard InChI is InChI=1S/C9H19NO/c1-3-10(2)7-9-5-4-6-11-8-9/h9H,3-8H2,1-2H3. The number of hydrogen-bond acceptors (Lipinski definition) is 2. The van der Waals surface area contributed by atoms with Crippen LogP contribution in [0.4, 0.5) is 0 Å². The zero-order chi connectivity index (χ0) is 8.10. The van der Waals surface area contributed by atoms with Crippen molar-refractivity contribution >= 4 is 0 Å². The van der Waals surface area contributed by atoms with Crippen LogP contribution in [-0.4, -0.2) is 38.3 Å². The monoisotopic (exact) mass is 157 g/mol. The third kappa shape index (κ3) is 3.21. The lowest BCUT2D eigenvalue weighted by atomic mass is 10.0. The SMILES string of the molecule is CCN(C)CC1CCCOC1. The van der Waals surface area contributed by atoms with Crippen LogP contribution in [0.5, 0.6) is 0 Å². The van der Waals surface area contributed by atoms with E-state index >= 15 is 0 Å². The number of rotatable bonds is 3. The second-order valence-corrected chi connectivity index (χ2v) is 3.44. The molecule has 0 aromatic carbocycles. The smallest absolute Gasteiger partial charge is 0.0506 e. The first-order valence-electron chi connectivity index (χ1n) is 4.59. The van der Waals surface area contributed by atoms with Crippen molar-refractivity contribution in [2.24, 2.45) is 5.92 Å². The maximum absolute atomic E-state index is 5.40. The van der Waals surface area contributed by atoms with Crippen LogP contribution in [0.2, 0.25) is 0 Å². The molecule has 0 amide bonds. The Kier molecular flexibility index (Phi) is 3.87. The average molecular weight is 157 g/mol. The molecule has 2 heteroatoms. The average Bonchev–Trinajstić information content (AvgIpc) is 2.06. The van der Waals surface area contributed by atoms with Gasteiger partial charge in [-0.25, -0.2) is 0 Å². The van der Waals surface area contributed by atoms with Crippen molar-refractivity contribution in [3.63, 3.8) is 0 Å². The third-order valence-electron chi connectivity index (χ3n) is 2.36. The van der Waals surface area contributed by atoms with E-state index in [4.69, 9.17) is 4.74 Å². The van der Waals surface area contributed by atoms with Gasteiger partial charge in [-0.05, 0) is 32.4 Å². The zero-order valence-corrected chi connectivity index (χ0v) is 7.68. The van der Waals surface area contributed by atoms with Crippen LogP contribution in [0.15, 0.2) is 0 Å². The second kappa shape index (κ2) is 4.73. The Morgan fingerprint density at radius 3 is 2.91 bits per heavy atom. The number of ether oxygens (including phenoxy) is 1. The van der Waals surface area contributed by atoms with Gasteiger partial charge in [0.25, 0.3) is 0 Å². The maximum atomic E-state index is 5.40. The van der Waals surface area contributed by atoms with E-state index in [2.05, 4.69) is 18.9 Å². The molecule has 0 radical (unpaired) electrons. The molecule has 1 fully saturated rings. The van der Waals surface area contributed by atoms with Gasteiger partial charge in [-0.2, -0.15) is 0 Å². The predicted octanol–water partition coefficient (Wildman–Crippen LogP) is 1.36. The molecule has 1 aliphatic rings. The van der Waals surface area contributed by atoms with Crippen LogP contribution >= 0.6 is 0 Å². The van der Waals surface area contributed by atoms with E-state index in [1.54, 1.807) is 0 Å². The van der Waals surface area contributed by atoms with E-state index in [1.165, 1.54) is 19.4 Å². The van der Waals surface area contributed by atoms with Gasteiger partial charge in [0.15, 0.2) is 0 Å². The van der Waals surface area contributed by atoms with E-state index in [9.17, 15) is 0 Å².